The number of likely N-dealkylation sites (N-methyl/N-ethyl adjacent to an activating group) is 1. The Kier molecular flexibility index (Phi) is 9.66. The molecule has 2 amide bonds. The van der Waals surface area contributed by atoms with E-state index in [1.807, 2.05) is 67.8 Å². The Hall–Kier alpha value is -0.620. The molecule has 0 aromatic carbocycles. The Bertz CT molecular complexity index is 838. The molecule has 0 saturated heterocycles. The van der Waals surface area contributed by atoms with Crippen LogP contribution in [0, 0.1) is 0 Å². The average Bonchev–Trinajstić information content (AvgIpc) is 2.58. The number of amides is 2. The fourth-order valence-corrected chi connectivity index (χ4v) is 9.07. The first kappa shape index (κ1) is 26.4. The number of rotatable bonds is 9. The van der Waals surface area contributed by atoms with Crippen molar-refractivity contribution in [3.63, 3.8) is 0 Å². The number of primary amides is 1. The summed E-state index contributed by atoms with van der Waals surface area (Å²) in [4.78, 5) is 60.5. The maximum absolute atomic E-state index is 13.3. The highest BCUT2D eigenvalue weighted by atomic mass is 127. The molecule has 0 spiro atoms. The average molecular weight is 743 g/mol. The highest BCUT2D eigenvalue weighted by molar-refractivity contribution is 14.1. The lowest BCUT2D eigenvalue weighted by Crippen LogP contribution is -2.65. The van der Waals surface area contributed by atoms with E-state index in [0.717, 1.165) is 0 Å². The van der Waals surface area contributed by atoms with Crippen molar-refractivity contribution in [1.29, 1.82) is 0 Å². The molecule has 0 aromatic rings. The number of carbonyl (C=O) groups excluding carboxylic acids is 4. The largest absolute Gasteiger partial charge is 0.480 e. The van der Waals surface area contributed by atoms with E-state index in [9.17, 15) is 29.1 Å². The van der Waals surface area contributed by atoms with Crippen LogP contribution in [0.25, 0.3) is 0 Å². The summed E-state index contributed by atoms with van der Waals surface area (Å²) in [7, 11) is 1.50. The molecule has 0 bridgehead atoms. The van der Waals surface area contributed by atoms with Gasteiger partial charge in [-0.15, -0.1) is 0 Å². The van der Waals surface area contributed by atoms with Gasteiger partial charge in [-0.25, -0.2) is 4.79 Å². The first-order valence-corrected chi connectivity index (χ1v) is 11.7. The molecule has 29 heavy (non-hydrogen) atoms. The zero-order valence-corrected chi connectivity index (χ0v) is 22.2. The van der Waals surface area contributed by atoms with Crippen LogP contribution >= 0.6 is 67.8 Å². The summed E-state index contributed by atoms with van der Waals surface area (Å²) in [6.07, 6.45) is -0.408. The van der Waals surface area contributed by atoms with Crippen LogP contribution in [-0.4, -0.2) is 57.0 Å². The fourth-order valence-electron chi connectivity index (χ4n) is 2.89. The molecule has 12 heteroatoms. The normalized spacial score (nSPS) is 22.9. The third-order valence-electron chi connectivity index (χ3n) is 4.42. The number of hydrogen-bond acceptors (Lipinski definition) is 6. The van der Waals surface area contributed by atoms with Crippen LogP contribution in [0.3, 0.4) is 0 Å². The molecule has 0 saturated carbocycles. The molecule has 5 N–H and O–H groups in total. The second kappa shape index (κ2) is 10.6. The standard InChI is InChI=1S/C17H20I3N3O6/c1-6(24)10-12(18)11(7(2)25)14(20)17(22-3,13(10)19)16(29)23-8(15(27)28)4-5-9(21)26/h8,13,22H,4-5H2,1-3H3,(H2,21,26)(H,23,29)(H,27,28)/t8-,13?,17?/m0/s1. The number of carboxylic acids is 1. The zero-order chi connectivity index (χ0) is 22.7. The van der Waals surface area contributed by atoms with Gasteiger partial charge in [0.15, 0.2) is 11.6 Å². The molecule has 2 unspecified atom stereocenters. The Labute approximate surface area is 208 Å². The molecule has 3 atom stereocenters. The van der Waals surface area contributed by atoms with Crippen LogP contribution in [-0.2, 0) is 24.0 Å². The molecule has 9 nitrogen and oxygen atoms in total. The number of carboxylic acid groups (broad SMARTS) is 1. The monoisotopic (exact) mass is 743 g/mol. The van der Waals surface area contributed by atoms with Gasteiger partial charge in [0.05, 0.1) is 3.92 Å². The quantitative estimate of drug-likeness (QED) is 0.204. The van der Waals surface area contributed by atoms with Crippen molar-refractivity contribution in [3.05, 3.63) is 18.3 Å². The molecule has 0 aliphatic heterocycles. The smallest absolute Gasteiger partial charge is 0.326 e. The van der Waals surface area contributed by atoms with Crippen LogP contribution in [0.1, 0.15) is 26.7 Å². The molecular weight excluding hydrogens is 723 g/mol. The number of ketones is 2. The van der Waals surface area contributed by atoms with Crippen molar-refractivity contribution in [2.75, 3.05) is 7.05 Å². The summed E-state index contributed by atoms with van der Waals surface area (Å²) in [5, 5.41) is 14.8. The van der Waals surface area contributed by atoms with Gasteiger partial charge in [0.1, 0.15) is 11.6 Å². The Morgan fingerprint density at radius 2 is 1.72 bits per heavy atom. The van der Waals surface area contributed by atoms with E-state index in [1.54, 1.807) is 0 Å². The van der Waals surface area contributed by atoms with Crippen molar-refractivity contribution in [2.24, 2.45) is 5.73 Å². The van der Waals surface area contributed by atoms with Crippen LogP contribution in [0.5, 0.6) is 0 Å². The van der Waals surface area contributed by atoms with Gasteiger partial charge in [-0.2, -0.15) is 0 Å². The highest BCUT2D eigenvalue weighted by Gasteiger charge is 2.54. The van der Waals surface area contributed by atoms with E-state index in [1.165, 1.54) is 20.9 Å². The molecule has 0 aromatic heterocycles. The van der Waals surface area contributed by atoms with Gasteiger partial charge in [-0.3, -0.25) is 19.2 Å². The number of alkyl halides is 1. The van der Waals surface area contributed by atoms with E-state index >= 15 is 0 Å². The maximum atomic E-state index is 13.3. The zero-order valence-electron chi connectivity index (χ0n) is 15.8. The van der Waals surface area contributed by atoms with E-state index in [4.69, 9.17) is 5.73 Å². The first-order chi connectivity index (χ1) is 13.3. The van der Waals surface area contributed by atoms with E-state index in [-0.39, 0.29) is 30.0 Å². The second-order valence-electron chi connectivity index (χ2n) is 6.32. The van der Waals surface area contributed by atoms with Gasteiger partial charge in [0.25, 0.3) is 0 Å². The molecule has 0 heterocycles. The van der Waals surface area contributed by atoms with E-state index in [0.29, 0.717) is 12.7 Å². The minimum Gasteiger partial charge on any atom is -0.480 e. The number of halogens is 3. The van der Waals surface area contributed by atoms with E-state index < -0.39 is 33.3 Å². The summed E-state index contributed by atoms with van der Waals surface area (Å²) in [6, 6.07) is -1.36. The lowest BCUT2D eigenvalue weighted by molar-refractivity contribution is -0.143. The third-order valence-corrected chi connectivity index (χ3v) is 8.49. The maximum Gasteiger partial charge on any atom is 0.326 e. The second-order valence-corrected chi connectivity index (χ2v) is 9.72. The number of allylic oxidation sites excluding steroid dienone is 2. The summed E-state index contributed by atoms with van der Waals surface area (Å²) in [5.41, 5.74) is 4.07. The third kappa shape index (κ3) is 5.36. The Morgan fingerprint density at radius 3 is 2.10 bits per heavy atom. The predicted octanol–water partition coefficient (Wildman–Crippen LogP) is 1.15. The highest BCUT2D eigenvalue weighted by Crippen LogP contribution is 2.47. The summed E-state index contributed by atoms with van der Waals surface area (Å²) < 4.78 is 0.110. The number of carbonyl (C=O) groups is 5. The molecule has 1 aliphatic carbocycles. The molecule has 1 rings (SSSR count). The van der Waals surface area contributed by atoms with Crippen molar-refractivity contribution in [3.8, 4) is 0 Å². The summed E-state index contributed by atoms with van der Waals surface area (Å²) >= 11 is 5.75. The SMILES string of the molecule is CNC1(C(=O)N[C@@H](CCC(N)=O)C(=O)O)C(I)=C(C(C)=O)C(I)=C(C(C)=O)C1I. The van der Waals surface area contributed by atoms with Gasteiger partial charge in [-0.05, 0) is 72.5 Å². The number of nitrogens with two attached hydrogens (primary N) is 1. The number of Topliss-reactive ketones (excluding diaryl/α,β-unsaturated/α-hetero) is 2. The fraction of sp³-hybridized carbons (Fsp3) is 0.471. The van der Waals surface area contributed by atoms with Gasteiger partial charge >= 0.3 is 5.97 Å². The van der Waals surface area contributed by atoms with Crippen molar-refractivity contribution in [2.45, 2.75) is 42.2 Å². The Morgan fingerprint density at radius 1 is 1.17 bits per heavy atom. The summed E-state index contributed by atoms with van der Waals surface area (Å²) in [5.74, 6) is -3.36. The molecule has 0 fully saturated rings. The van der Waals surface area contributed by atoms with E-state index in [2.05, 4.69) is 10.6 Å². The van der Waals surface area contributed by atoms with Crippen molar-refractivity contribution in [1.82, 2.24) is 10.6 Å². The van der Waals surface area contributed by atoms with Crippen molar-refractivity contribution < 1.29 is 29.1 Å². The van der Waals surface area contributed by atoms with Gasteiger partial charge in [0, 0.05) is 24.7 Å². The topological polar surface area (TPSA) is 156 Å². The summed E-state index contributed by atoms with van der Waals surface area (Å²) in [6.45, 7) is 2.68. The molecule has 160 valence electrons. The molecular formula is C17H20I3N3O6. The number of aliphatic carboxylic acids is 1. The van der Waals surface area contributed by atoms with Gasteiger partial charge in [-0.1, -0.05) is 22.6 Å². The Balaban J connectivity index is 3.55. The van der Waals surface area contributed by atoms with Crippen molar-refractivity contribution >= 4 is 97.1 Å². The number of hydrogen-bond donors (Lipinski definition) is 4. The molecule has 1 aliphatic rings. The number of nitrogens with one attached hydrogen (secondary N) is 2. The van der Waals surface area contributed by atoms with Crippen LogP contribution < -0.4 is 16.4 Å². The molecule has 0 radical (unpaired) electrons. The minimum absolute atomic E-state index is 0.186. The lowest BCUT2D eigenvalue weighted by Gasteiger charge is -2.42. The van der Waals surface area contributed by atoms with Crippen LogP contribution in [0.15, 0.2) is 18.3 Å². The van der Waals surface area contributed by atoms with Crippen LogP contribution in [0.2, 0.25) is 0 Å². The predicted molar refractivity (Wildman–Crippen MR) is 131 cm³/mol. The van der Waals surface area contributed by atoms with Gasteiger partial charge in [0.2, 0.25) is 11.8 Å². The minimum atomic E-state index is -1.54. The van der Waals surface area contributed by atoms with Gasteiger partial charge < -0.3 is 21.5 Å². The van der Waals surface area contributed by atoms with Crippen LogP contribution in [0.4, 0.5) is 0 Å². The first-order valence-electron chi connectivity index (χ1n) is 8.30. The lowest BCUT2D eigenvalue weighted by atomic mass is 9.80.